The lowest BCUT2D eigenvalue weighted by Gasteiger charge is -2.18. The maximum Gasteiger partial charge on any atom is 0.231 e. The minimum absolute atomic E-state index is 0.119. The SMILES string of the molecule is CC(C)Oc1cccc(CNC(=S)Nc2cccc(N(C)S(C)(=O)=O)c2)c1. The van der Waals surface area contributed by atoms with Gasteiger partial charge in [0.1, 0.15) is 5.75 Å². The summed E-state index contributed by atoms with van der Waals surface area (Å²) in [5.41, 5.74) is 2.31. The van der Waals surface area contributed by atoms with Crippen LogP contribution in [-0.2, 0) is 16.6 Å². The maximum absolute atomic E-state index is 11.7. The number of hydrogen-bond acceptors (Lipinski definition) is 4. The first-order chi connectivity index (χ1) is 12.6. The first-order valence-electron chi connectivity index (χ1n) is 8.49. The number of sulfonamides is 1. The van der Waals surface area contributed by atoms with Crippen LogP contribution in [0.5, 0.6) is 5.75 Å². The molecule has 0 spiro atoms. The van der Waals surface area contributed by atoms with Gasteiger partial charge >= 0.3 is 0 Å². The lowest BCUT2D eigenvalue weighted by molar-refractivity contribution is 0.242. The largest absolute Gasteiger partial charge is 0.491 e. The number of benzene rings is 2. The lowest BCUT2D eigenvalue weighted by atomic mass is 10.2. The molecule has 0 saturated carbocycles. The van der Waals surface area contributed by atoms with Crippen LogP contribution in [0, 0.1) is 0 Å². The molecule has 0 atom stereocenters. The summed E-state index contributed by atoms with van der Waals surface area (Å²) in [5, 5.41) is 6.66. The molecule has 2 rings (SSSR count). The minimum Gasteiger partial charge on any atom is -0.491 e. The van der Waals surface area contributed by atoms with E-state index in [1.54, 1.807) is 18.2 Å². The van der Waals surface area contributed by atoms with Gasteiger partial charge in [-0.2, -0.15) is 0 Å². The van der Waals surface area contributed by atoms with Crippen molar-refractivity contribution in [2.75, 3.05) is 22.9 Å². The van der Waals surface area contributed by atoms with Gasteiger partial charge in [-0.05, 0) is 62.0 Å². The highest BCUT2D eigenvalue weighted by atomic mass is 32.2. The minimum atomic E-state index is -3.32. The number of nitrogens with zero attached hydrogens (tertiary/aromatic N) is 1. The van der Waals surface area contributed by atoms with Crippen molar-refractivity contribution in [3.05, 3.63) is 54.1 Å². The number of anilines is 2. The molecule has 2 N–H and O–H groups in total. The molecule has 6 nitrogen and oxygen atoms in total. The summed E-state index contributed by atoms with van der Waals surface area (Å²) in [6.07, 6.45) is 1.28. The molecule has 0 aliphatic heterocycles. The fourth-order valence-electron chi connectivity index (χ4n) is 2.33. The van der Waals surface area contributed by atoms with E-state index >= 15 is 0 Å². The second-order valence-electron chi connectivity index (χ2n) is 6.40. The van der Waals surface area contributed by atoms with Gasteiger partial charge in [0.15, 0.2) is 5.11 Å². The molecule has 0 bridgehead atoms. The first-order valence-corrected chi connectivity index (χ1v) is 10.8. The Bertz CT molecular complexity index is 899. The van der Waals surface area contributed by atoms with Gasteiger partial charge in [-0.1, -0.05) is 18.2 Å². The van der Waals surface area contributed by atoms with Gasteiger partial charge < -0.3 is 15.4 Å². The smallest absolute Gasteiger partial charge is 0.231 e. The van der Waals surface area contributed by atoms with Crippen molar-refractivity contribution >= 4 is 38.7 Å². The van der Waals surface area contributed by atoms with E-state index < -0.39 is 10.0 Å². The summed E-state index contributed by atoms with van der Waals surface area (Å²) in [5.74, 6) is 0.819. The Morgan fingerprint density at radius 3 is 2.56 bits per heavy atom. The third-order valence-corrected chi connectivity index (χ3v) is 5.14. The molecule has 0 aliphatic carbocycles. The Balaban J connectivity index is 1.96. The van der Waals surface area contributed by atoms with E-state index in [1.807, 2.05) is 44.2 Å². The first kappa shape index (κ1) is 21.0. The molecule has 8 heteroatoms. The van der Waals surface area contributed by atoms with Crippen molar-refractivity contribution in [3.63, 3.8) is 0 Å². The fraction of sp³-hybridized carbons (Fsp3) is 0.316. The highest BCUT2D eigenvalue weighted by Gasteiger charge is 2.12. The number of hydrogen-bond donors (Lipinski definition) is 2. The van der Waals surface area contributed by atoms with E-state index in [-0.39, 0.29) is 6.10 Å². The van der Waals surface area contributed by atoms with Crippen LogP contribution in [0.3, 0.4) is 0 Å². The summed E-state index contributed by atoms with van der Waals surface area (Å²) in [7, 11) is -1.80. The van der Waals surface area contributed by atoms with Crippen LogP contribution in [0.25, 0.3) is 0 Å². The quantitative estimate of drug-likeness (QED) is 0.686. The van der Waals surface area contributed by atoms with Gasteiger partial charge in [0, 0.05) is 19.3 Å². The Morgan fingerprint density at radius 2 is 1.89 bits per heavy atom. The standard InChI is InChI=1S/C19H25N3O3S2/c1-14(2)25-18-10-5-7-15(11-18)13-20-19(26)21-16-8-6-9-17(12-16)22(3)27(4,23)24/h5-12,14H,13H2,1-4H3,(H2,20,21,26). The van der Waals surface area contributed by atoms with Gasteiger partial charge in [-0.15, -0.1) is 0 Å². The average molecular weight is 408 g/mol. The van der Waals surface area contributed by atoms with E-state index in [0.29, 0.717) is 23.0 Å². The molecule has 2 aromatic carbocycles. The Kier molecular flexibility index (Phi) is 7.04. The molecule has 146 valence electrons. The molecular weight excluding hydrogens is 382 g/mol. The van der Waals surface area contributed by atoms with E-state index in [4.69, 9.17) is 17.0 Å². The predicted molar refractivity (Wildman–Crippen MR) is 115 cm³/mol. The Morgan fingerprint density at radius 1 is 1.19 bits per heavy atom. The lowest BCUT2D eigenvalue weighted by Crippen LogP contribution is -2.28. The van der Waals surface area contributed by atoms with Crippen molar-refractivity contribution in [2.24, 2.45) is 0 Å². The zero-order valence-electron chi connectivity index (χ0n) is 15.9. The summed E-state index contributed by atoms with van der Waals surface area (Å²) in [6.45, 7) is 4.52. The van der Waals surface area contributed by atoms with Crippen LogP contribution in [0.4, 0.5) is 11.4 Å². The van der Waals surface area contributed by atoms with Gasteiger partial charge in [0.25, 0.3) is 0 Å². The Hall–Kier alpha value is -2.32. The van der Waals surface area contributed by atoms with Gasteiger partial charge in [-0.3, -0.25) is 4.31 Å². The molecule has 0 fully saturated rings. The normalized spacial score (nSPS) is 11.1. The van der Waals surface area contributed by atoms with Crippen molar-refractivity contribution in [1.29, 1.82) is 0 Å². The summed E-state index contributed by atoms with van der Waals surface area (Å²) < 4.78 is 30.3. The van der Waals surface area contributed by atoms with Crippen LogP contribution in [0.2, 0.25) is 0 Å². The third kappa shape index (κ3) is 6.73. The van der Waals surface area contributed by atoms with Crippen molar-refractivity contribution in [1.82, 2.24) is 5.32 Å². The van der Waals surface area contributed by atoms with E-state index in [0.717, 1.165) is 17.6 Å². The van der Waals surface area contributed by atoms with Crippen molar-refractivity contribution < 1.29 is 13.2 Å². The highest BCUT2D eigenvalue weighted by molar-refractivity contribution is 7.92. The van der Waals surface area contributed by atoms with Crippen LogP contribution >= 0.6 is 12.2 Å². The molecule has 0 heterocycles. The summed E-state index contributed by atoms with van der Waals surface area (Å²) in [4.78, 5) is 0. The van der Waals surface area contributed by atoms with Crippen LogP contribution in [0.1, 0.15) is 19.4 Å². The molecular formula is C19H25N3O3S2. The fourth-order valence-corrected chi connectivity index (χ4v) is 3.02. The van der Waals surface area contributed by atoms with Crippen LogP contribution in [0.15, 0.2) is 48.5 Å². The van der Waals surface area contributed by atoms with E-state index in [1.165, 1.54) is 11.4 Å². The molecule has 0 amide bonds. The molecule has 0 aromatic heterocycles. The molecule has 0 unspecified atom stereocenters. The van der Waals surface area contributed by atoms with Gasteiger partial charge in [0.2, 0.25) is 10.0 Å². The number of nitrogens with one attached hydrogen (secondary N) is 2. The second kappa shape index (κ2) is 9.05. The monoisotopic (exact) mass is 407 g/mol. The number of ether oxygens (including phenoxy) is 1. The Labute approximate surface area is 166 Å². The highest BCUT2D eigenvalue weighted by Crippen LogP contribution is 2.20. The van der Waals surface area contributed by atoms with Crippen LogP contribution in [-0.4, -0.2) is 32.9 Å². The van der Waals surface area contributed by atoms with Crippen molar-refractivity contribution in [2.45, 2.75) is 26.5 Å². The van der Waals surface area contributed by atoms with E-state index in [9.17, 15) is 8.42 Å². The molecule has 0 aliphatic rings. The zero-order chi connectivity index (χ0) is 20.0. The zero-order valence-corrected chi connectivity index (χ0v) is 17.5. The average Bonchev–Trinajstić information content (AvgIpc) is 2.58. The van der Waals surface area contributed by atoms with Gasteiger partial charge in [-0.25, -0.2) is 8.42 Å². The van der Waals surface area contributed by atoms with Crippen molar-refractivity contribution in [3.8, 4) is 5.75 Å². The summed E-state index contributed by atoms with van der Waals surface area (Å²) >= 11 is 5.34. The predicted octanol–water partition coefficient (Wildman–Crippen LogP) is 3.36. The number of thiocarbonyl (C=S) groups is 1. The molecule has 27 heavy (non-hydrogen) atoms. The van der Waals surface area contributed by atoms with Gasteiger partial charge in [0.05, 0.1) is 18.0 Å². The molecule has 2 aromatic rings. The second-order valence-corrected chi connectivity index (χ2v) is 8.82. The number of rotatable bonds is 7. The maximum atomic E-state index is 11.7. The van der Waals surface area contributed by atoms with Crippen LogP contribution < -0.4 is 19.7 Å². The summed E-state index contributed by atoms with van der Waals surface area (Å²) in [6, 6.07) is 14.9. The molecule has 0 saturated heterocycles. The van der Waals surface area contributed by atoms with E-state index in [2.05, 4.69) is 10.6 Å². The topological polar surface area (TPSA) is 70.7 Å². The third-order valence-electron chi connectivity index (χ3n) is 3.69. The molecule has 0 radical (unpaired) electrons.